The fourth-order valence-corrected chi connectivity index (χ4v) is 1.58. The van der Waals surface area contributed by atoms with Gasteiger partial charge in [0.25, 0.3) is 0 Å². The molecule has 0 aliphatic carbocycles. The highest BCUT2D eigenvalue weighted by molar-refractivity contribution is 7.80. The Morgan fingerprint density at radius 3 is 2.80 bits per heavy atom. The molecular formula is C13H14N6S. The Balaban J connectivity index is 1.95. The molecule has 0 aliphatic heterocycles. The number of nitrogens with two attached hydrogens (primary N) is 1. The normalized spacial score (nSPS) is 10.9. The van der Waals surface area contributed by atoms with Crippen molar-refractivity contribution in [3.63, 3.8) is 0 Å². The van der Waals surface area contributed by atoms with Crippen LogP contribution in [0, 0.1) is 0 Å². The van der Waals surface area contributed by atoms with Gasteiger partial charge in [-0.15, -0.1) is 0 Å². The molecule has 0 aliphatic rings. The van der Waals surface area contributed by atoms with Crippen LogP contribution in [-0.2, 0) is 0 Å². The molecule has 0 saturated carbocycles. The topological polar surface area (TPSA) is 88.2 Å². The number of nitrogens with one attached hydrogen (secondary N) is 2. The molecule has 0 unspecified atom stereocenters. The second kappa shape index (κ2) is 6.58. The van der Waals surface area contributed by atoms with E-state index in [1.54, 1.807) is 24.4 Å². The van der Waals surface area contributed by atoms with E-state index in [-0.39, 0.29) is 0 Å². The number of hydrogen-bond donors (Lipinski definition) is 3. The molecule has 2 aromatic rings. The highest BCUT2D eigenvalue weighted by atomic mass is 32.1. The monoisotopic (exact) mass is 286 g/mol. The van der Waals surface area contributed by atoms with Gasteiger partial charge in [0.1, 0.15) is 11.6 Å². The van der Waals surface area contributed by atoms with E-state index in [0.717, 1.165) is 11.4 Å². The predicted octanol–water partition coefficient (Wildman–Crippen LogP) is 1.77. The lowest BCUT2D eigenvalue weighted by Gasteiger charge is -2.07. The van der Waals surface area contributed by atoms with Crippen LogP contribution in [0.5, 0.6) is 0 Å². The SMILES string of the molecule is C/C(=N\NC(=S)Nc1cccc(N)n1)c1ccccn1. The molecule has 4 N–H and O–H groups in total. The fourth-order valence-electron chi connectivity index (χ4n) is 1.43. The maximum absolute atomic E-state index is 5.58. The molecule has 7 heteroatoms. The molecule has 0 fully saturated rings. The van der Waals surface area contributed by atoms with Crippen LogP contribution in [0.2, 0.25) is 0 Å². The number of hydrazone groups is 1. The van der Waals surface area contributed by atoms with Gasteiger partial charge in [-0.05, 0) is 43.4 Å². The van der Waals surface area contributed by atoms with Crippen LogP contribution in [0.1, 0.15) is 12.6 Å². The summed E-state index contributed by atoms with van der Waals surface area (Å²) in [6, 6.07) is 10.9. The van der Waals surface area contributed by atoms with E-state index in [4.69, 9.17) is 18.0 Å². The highest BCUT2D eigenvalue weighted by Crippen LogP contribution is 2.05. The van der Waals surface area contributed by atoms with E-state index >= 15 is 0 Å². The number of thiocarbonyl (C=S) groups is 1. The third-order valence-corrected chi connectivity index (χ3v) is 2.57. The smallest absolute Gasteiger partial charge is 0.192 e. The summed E-state index contributed by atoms with van der Waals surface area (Å²) in [5.74, 6) is 0.985. The zero-order chi connectivity index (χ0) is 14.4. The van der Waals surface area contributed by atoms with Crippen LogP contribution in [0.4, 0.5) is 11.6 Å². The van der Waals surface area contributed by atoms with Crippen molar-refractivity contribution in [1.29, 1.82) is 0 Å². The molecule has 0 bridgehead atoms. The first-order valence-electron chi connectivity index (χ1n) is 5.90. The molecule has 0 saturated heterocycles. The summed E-state index contributed by atoms with van der Waals surface area (Å²) in [4.78, 5) is 8.27. The average Bonchev–Trinajstić information content (AvgIpc) is 2.46. The average molecular weight is 286 g/mol. The van der Waals surface area contributed by atoms with Gasteiger partial charge < -0.3 is 11.1 Å². The first kappa shape index (κ1) is 13.9. The summed E-state index contributed by atoms with van der Waals surface area (Å²) in [7, 11) is 0. The molecule has 2 heterocycles. The number of rotatable bonds is 3. The van der Waals surface area contributed by atoms with Crippen LogP contribution < -0.4 is 16.5 Å². The highest BCUT2D eigenvalue weighted by Gasteiger charge is 2.00. The molecule has 20 heavy (non-hydrogen) atoms. The van der Waals surface area contributed by atoms with E-state index in [0.29, 0.717) is 16.7 Å². The van der Waals surface area contributed by atoms with Crippen LogP contribution in [0.15, 0.2) is 47.7 Å². The van der Waals surface area contributed by atoms with E-state index < -0.39 is 0 Å². The Morgan fingerprint density at radius 1 is 1.25 bits per heavy atom. The lowest BCUT2D eigenvalue weighted by Crippen LogP contribution is -2.25. The number of anilines is 2. The number of pyridine rings is 2. The van der Waals surface area contributed by atoms with Gasteiger partial charge in [-0.25, -0.2) is 4.98 Å². The van der Waals surface area contributed by atoms with E-state index in [1.165, 1.54) is 0 Å². The number of hydrogen-bond acceptors (Lipinski definition) is 5. The fraction of sp³-hybridized carbons (Fsp3) is 0.0769. The largest absolute Gasteiger partial charge is 0.384 e. The van der Waals surface area contributed by atoms with E-state index in [9.17, 15) is 0 Å². The Kier molecular flexibility index (Phi) is 4.56. The van der Waals surface area contributed by atoms with Crippen molar-refractivity contribution in [2.75, 3.05) is 11.1 Å². The van der Waals surface area contributed by atoms with Crippen LogP contribution >= 0.6 is 12.2 Å². The second-order valence-electron chi connectivity index (χ2n) is 3.93. The molecule has 0 spiro atoms. The first-order valence-corrected chi connectivity index (χ1v) is 6.31. The molecule has 6 nitrogen and oxygen atoms in total. The van der Waals surface area contributed by atoms with Crippen LogP contribution in [0.3, 0.4) is 0 Å². The molecular weight excluding hydrogens is 272 g/mol. The lowest BCUT2D eigenvalue weighted by atomic mass is 10.3. The maximum Gasteiger partial charge on any atom is 0.192 e. The molecule has 0 aromatic carbocycles. The van der Waals surface area contributed by atoms with Crippen molar-refractivity contribution in [2.45, 2.75) is 6.92 Å². The minimum absolute atomic E-state index is 0.332. The summed E-state index contributed by atoms with van der Waals surface area (Å²) < 4.78 is 0. The van der Waals surface area contributed by atoms with E-state index in [2.05, 4.69) is 25.8 Å². The van der Waals surface area contributed by atoms with Gasteiger partial charge in [0.15, 0.2) is 5.11 Å². The Bertz CT molecular complexity index is 626. The predicted molar refractivity (Wildman–Crippen MR) is 84.5 cm³/mol. The van der Waals surface area contributed by atoms with Gasteiger partial charge in [-0.2, -0.15) is 5.10 Å². The van der Waals surface area contributed by atoms with Crippen molar-refractivity contribution in [1.82, 2.24) is 15.4 Å². The third-order valence-electron chi connectivity index (χ3n) is 2.37. The summed E-state index contributed by atoms with van der Waals surface area (Å²) in [6.45, 7) is 1.84. The maximum atomic E-state index is 5.58. The Hall–Kier alpha value is -2.54. The minimum atomic E-state index is 0.332. The molecule has 2 rings (SSSR count). The summed E-state index contributed by atoms with van der Waals surface area (Å²) >= 11 is 5.12. The lowest BCUT2D eigenvalue weighted by molar-refractivity contribution is 1.03. The van der Waals surface area contributed by atoms with Crippen molar-refractivity contribution in [2.24, 2.45) is 5.10 Å². The van der Waals surface area contributed by atoms with Crippen molar-refractivity contribution in [3.05, 3.63) is 48.3 Å². The number of aromatic nitrogens is 2. The van der Waals surface area contributed by atoms with Gasteiger partial charge in [-0.3, -0.25) is 10.4 Å². The number of nitrogens with zero attached hydrogens (tertiary/aromatic N) is 3. The van der Waals surface area contributed by atoms with Crippen molar-refractivity contribution < 1.29 is 0 Å². The molecule has 0 radical (unpaired) electrons. The third kappa shape index (κ3) is 3.99. The minimum Gasteiger partial charge on any atom is -0.384 e. The van der Waals surface area contributed by atoms with Gasteiger partial charge in [-0.1, -0.05) is 12.1 Å². The van der Waals surface area contributed by atoms with Crippen LogP contribution in [-0.4, -0.2) is 20.8 Å². The zero-order valence-electron chi connectivity index (χ0n) is 10.9. The second-order valence-corrected chi connectivity index (χ2v) is 4.33. The van der Waals surface area contributed by atoms with Gasteiger partial charge in [0.2, 0.25) is 0 Å². The molecule has 2 aromatic heterocycles. The Morgan fingerprint density at radius 2 is 2.10 bits per heavy atom. The molecule has 0 amide bonds. The molecule has 0 atom stereocenters. The number of nitrogen functional groups attached to an aromatic ring is 1. The van der Waals surface area contributed by atoms with Crippen molar-refractivity contribution >= 4 is 34.7 Å². The Labute approximate surface area is 122 Å². The van der Waals surface area contributed by atoms with Crippen LogP contribution in [0.25, 0.3) is 0 Å². The first-order chi connectivity index (χ1) is 9.65. The quantitative estimate of drug-likeness (QED) is 0.453. The zero-order valence-corrected chi connectivity index (χ0v) is 11.7. The van der Waals surface area contributed by atoms with Gasteiger partial charge in [0, 0.05) is 6.20 Å². The molecule has 102 valence electrons. The van der Waals surface area contributed by atoms with Gasteiger partial charge in [0.05, 0.1) is 11.4 Å². The standard InChI is InChI=1S/C13H14N6S/c1-9(10-5-2-3-8-15-10)18-19-13(20)17-12-7-4-6-11(14)16-12/h2-8H,1H3,(H4,14,16,17,19,20)/b18-9+. The summed E-state index contributed by atoms with van der Waals surface area (Å²) in [5.41, 5.74) is 9.83. The van der Waals surface area contributed by atoms with Crippen molar-refractivity contribution in [3.8, 4) is 0 Å². The summed E-state index contributed by atoms with van der Waals surface area (Å²) in [6.07, 6.45) is 1.71. The summed E-state index contributed by atoms with van der Waals surface area (Å²) in [5, 5.41) is 7.38. The van der Waals surface area contributed by atoms with E-state index in [1.807, 2.05) is 25.1 Å². The van der Waals surface area contributed by atoms with Gasteiger partial charge >= 0.3 is 0 Å².